The molecule has 5 aliphatic carbocycles. The molecular weight excluding hydrogens is 586 g/mol. The zero-order valence-electron chi connectivity index (χ0n) is 30.7. The molecule has 4 N–H and O–H groups in total. The Morgan fingerprint density at radius 3 is 2.06 bits per heavy atom. The van der Waals surface area contributed by atoms with Gasteiger partial charge in [0.15, 0.2) is 0 Å². The minimum atomic E-state index is -0.698. The van der Waals surface area contributed by atoms with Gasteiger partial charge in [-0.2, -0.15) is 0 Å². The van der Waals surface area contributed by atoms with Crippen molar-refractivity contribution in [2.24, 2.45) is 56.7 Å². The highest BCUT2D eigenvalue weighted by Crippen LogP contribution is 2.77. The van der Waals surface area contributed by atoms with Gasteiger partial charge in [-0.1, -0.05) is 79.7 Å². The molecule has 0 aromatic rings. The summed E-state index contributed by atoms with van der Waals surface area (Å²) in [5.41, 5.74) is 1.10. The van der Waals surface area contributed by atoms with Crippen LogP contribution in [-0.4, -0.2) is 46.5 Å². The van der Waals surface area contributed by atoms with Crippen LogP contribution in [0.15, 0.2) is 12.2 Å². The summed E-state index contributed by atoms with van der Waals surface area (Å²) >= 11 is 0. The quantitative estimate of drug-likeness (QED) is 0.111. The molecule has 10 atom stereocenters. The zero-order chi connectivity index (χ0) is 34.3. The molecule has 0 aromatic heterocycles. The molecule has 6 nitrogen and oxygen atoms in total. The van der Waals surface area contributed by atoms with E-state index in [1.165, 1.54) is 25.7 Å². The lowest BCUT2D eigenvalue weighted by atomic mass is 9.32. The maximum Gasteiger partial charge on any atom is 0.303 e. The van der Waals surface area contributed by atoms with E-state index in [2.05, 4.69) is 46.5 Å². The van der Waals surface area contributed by atoms with Gasteiger partial charge in [0.25, 0.3) is 0 Å². The first-order chi connectivity index (χ1) is 22.2. The summed E-state index contributed by atoms with van der Waals surface area (Å²) in [4.78, 5) is 25.0. The van der Waals surface area contributed by atoms with Crippen molar-refractivity contribution in [2.75, 3.05) is 13.2 Å². The third-order valence-electron chi connectivity index (χ3n) is 16.2. The minimum absolute atomic E-state index is 0.0128. The van der Waals surface area contributed by atoms with Crippen LogP contribution in [0.3, 0.4) is 0 Å². The summed E-state index contributed by atoms with van der Waals surface area (Å²) in [7, 11) is 0. The average Bonchev–Trinajstić information content (AvgIpc) is 3.42. The Balaban J connectivity index is 1.26. The number of carboxylic acids is 1. The van der Waals surface area contributed by atoms with Crippen LogP contribution in [0.25, 0.3) is 0 Å². The van der Waals surface area contributed by atoms with Crippen molar-refractivity contribution in [1.82, 2.24) is 5.32 Å². The highest BCUT2D eigenvalue weighted by atomic mass is 16.4. The summed E-state index contributed by atoms with van der Waals surface area (Å²) in [5, 5.41) is 33.6. The number of amides is 1. The molecule has 5 saturated carbocycles. The summed E-state index contributed by atoms with van der Waals surface area (Å²) in [6.07, 6.45) is 19.3. The molecule has 5 rings (SSSR count). The maximum absolute atomic E-state index is 14.4. The fraction of sp³-hybridized carbons (Fsp3) is 0.902. The van der Waals surface area contributed by atoms with Gasteiger partial charge in [-0.05, 0) is 134 Å². The first-order valence-electron chi connectivity index (χ1n) is 19.7. The Bertz CT molecular complexity index is 1150. The molecule has 5 aliphatic rings. The zero-order valence-corrected chi connectivity index (χ0v) is 30.7. The molecule has 0 bridgehead atoms. The number of carboxylic acid groups (broad SMARTS) is 1. The molecule has 0 aromatic carbocycles. The van der Waals surface area contributed by atoms with Gasteiger partial charge < -0.3 is 20.6 Å². The van der Waals surface area contributed by atoms with Gasteiger partial charge >= 0.3 is 5.97 Å². The van der Waals surface area contributed by atoms with E-state index in [-0.39, 0.29) is 63.9 Å². The average molecular weight is 656 g/mol. The van der Waals surface area contributed by atoms with Crippen molar-refractivity contribution in [3.63, 3.8) is 0 Å². The molecule has 1 amide bonds. The Morgan fingerprint density at radius 1 is 0.745 bits per heavy atom. The Hall–Kier alpha value is -1.40. The van der Waals surface area contributed by atoms with Gasteiger partial charge in [0.2, 0.25) is 5.91 Å². The van der Waals surface area contributed by atoms with Crippen molar-refractivity contribution in [2.45, 2.75) is 163 Å². The number of hydrogen-bond donors (Lipinski definition) is 4. The van der Waals surface area contributed by atoms with Crippen LogP contribution in [0, 0.1) is 56.7 Å². The van der Waals surface area contributed by atoms with Gasteiger partial charge in [-0.25, -0.2) is 0 Å². The van der Waals surface area contributed by atoms with Crippen molar-refractivity contribution in [1.29, 1.82) is 0 Å². The third-order valence-corrected chi connectivity index (χ3v) is 16.2. The summed E-state index contributed by atoms with van der Waals surface area (Å²) in [6.45, 7) is 17.6. The molecule has 1 unspecified atom stereocenters. The smallest absolute Gasteiger partial charge is 0.303 e. The van der Waals surface area contributed by atoms with Crippen molar-refractivity contribution in [3.8, 4) is 0 Å². The van der Waals surface area contributed by atoms with Crippen molar-refractivity contribution >= 4 is 11.9 Å². The van der Waals surface area contributed by atoms with Gasteiger partial charge in [-0.3, -0.25) is 9.59 Å². The van der Waals surface area contributed by atoms with Crippen LogP contribution >= 0.6 is 0 Å². The number of carbonyl (C=O) groups excluding carboxylic acids is 1. The maximum atomic E-state index is 14.4. The van der Waals surface area contributed by atoms with Crippen LogP contribution in [0.4, 0.5) is 0 Å². The lowest BCUT2D eigenvalue weighted by Gasteiger charge is -2.72. The second kappa shape index (κ2) is 14.1. The van der Waals surface area contributed by atoms with Gasteiger partial charge in [0.05, 0.1) is 18.1 Å². The van der Waals surface area contributed by atoms with Gasteiger partial charge in [0.1, 0.15) is 0 Å². The fourth-order valence-electron chi connectivity index (χ4n) is 13.4. The number of rotatable bonds is 14. The standard InChI is InChI=1S/C41H69NO5/c1-28(27-43)29-18-23-41(36(47)42-26-14-12-10-8-7-9-11-13-15-34(45)46)25-24-39(5)30(35(29)41)16-17-32-38(4)21-20-33(44)37(2,3)31(38)19-22-40(32,39)6/h29-33,35,43-44H,1,7-27H2,2-6H3,(H,42,47)(H,45,46)/t29-,30+,31-,32?,33-,35+,38-,39+,40+,41-/m0/s1. The first-order valence-corrected chi connectivity index (χ1v) is 19.7. The number of carbonyl (C=O) groups is 2. The SMILES string of the molecule is C=C(CO)[C@@H]1CC[C@]2(C(=O)NCCCCCCCCCCC(=O)O)CC[C@]3(C)[C@H](CCC4[C@@]5(C)CC[C@H](O)C(C)(C)[C@@H]5CC[C@]43C)[C@@H]12. The van der Waals surface area contributed by atoms with Gasteiger partial charge in [0, 0.05) is 13.0 Å². The molecule has 0 radical (unpaired) electrons. The van der Waals surface area contributed by atoms with Crippen LogP contribution in [0.5, 0.6) is 0 Å². The molecule has 6 heteroatoms. The van der Waals surface area contributed by atoms with E-state index in [4.69, 9.17) is 5.11 Å². The molecule has 47 heavy (non-hydrogen) atoms. The molecule has 0 aliphatic heterocycles. The monoisotopic (exact) mass is 656 g/mol. The topological polar surface area (TPSA) is 107 Å². The largest absolute Gasteiger partial charge is 0.481 e. The summed E-state index contributed by atoms with van der Waals surface area (Å²) < 4.78 is 0. The normalized spacial score (nSPS) is 42.0. The number of aliphatic carboxylic acids is 1. The van der Waals surface area contributed by atoms with E-state index in [1.54, 1.807) is 0 Å². The molecule has 0 saturated heterocycles. The van der Waals surface area contributed by atoms with Crippen LogP contribution < -0.4 is 5.32 Å². The minimum Gasteiger partial charge on any atom is -0.481 e. The third kappa shape index (κ3) is 6.27. The predicted octanol–water partition coefficient (Wildman–Crippen LogP) is 8.69. The van der Waals surface area contributed by atoms with Gasteiger partial charge in [-0.15, -0.1) is 0 Å². The first kappa shape index (κ1) is 36.9. The molecule has 0 spiro atoms. The molecular formula is C41H69NO5. The summed E-state index contributed by atoms with van der Waals surface area (Å²) in [6, 6.07) is 0. The molecule has 0 heterocycles. The molecule has 268 valence electrons. The number of aliphatic hydroxyl groups is 2. The van der Waals surface area contributed by atoms with E-state index in [1.807, 2.05) is 0 Å². The Labute approximate surface area is 286 Å². The van der Waals surface area contributed by atoms with E-state index >= 15 is 0 Å². The number of fused-ring (bicyclic) bond motifs is 7. The number of nitrogens with one attached hydrogen (secondary N) is 1. The van der Waals surface area contributed by atoms with Crippen LogP contribution in [0.1, 0.15) is 157 Å². The number of hydrogen-bond acceptors (Lipinski definition) is 4. The van der Waals surface area contributed by atoms with E-state index in [0.717, 1.165) is 102 Å². The highest BCUT2D eigenvalue weighted by molar-refractivity contribution is 5.84. The van der Waals surface area contributed by atoms with Crippen LogP contribution in [-0.2, 0) is 9.59 Å². The lowest BCUT2D eigenvalue weighted by molar-refractivity contribution is -0.246. The summed E-state index contributed by atoms with van der Waals surface area (Å²) in [5.74, 6) is 1.66. The van der Waals surface area contributed by atoms with E-state index < -0.39 is 5.97 Å². The van der Waals surface area contributed by atoms with Crippen molar-refractivity contribution < 1.29 is 24.9 Å². The second-order valence-electron chi connectivity index (χ2n) is 18.4. The molecule has 5 fully saturated rings. The fourth-order valence-corrected chi connectivity index (χ4v) is 13.4. The predicted molar refractivity (Wildman–Crippen MR) is 189 cm³/mol. The van der Waals surface area contributed by atoms with Crippen molar-refractivity contribution in [3.05, 3.63) is 12.2 Å². The lowest BCUT2D eigenvalue weighted by Crippen LogP contribution is -2.67. The van der Waals surface area contributed by atoms with E-state index in [9.17, 15) is 19.8 Å². The number of unbranched alkanes of at least 4 members (excludes halogenated alkanes) is 7. The number of aliphatic hydroxyl groups excluding tert-OH is 2. The highest BCUT2D eigenvalue weighted by Gasteiger charge is 2.71. The van der Waals surface area contributed by atoms with E-state index in [0.29, 0.717) is 17.8 Å². The second-order valence-corrected chi connectivity index (χ2v) is 18.4. The van der Waals surface area contributed by atoms with Crippen LogP contribution in [0.2, 0.25) is 0 Å². The Kier molecular flexibility index (Phi) is 11.0. The Morgan fingerprint density at radius 2 is 1.40 bits per heavy atom.